The average Bonchev–Trinajstić information content (AvgIpc) is 2.32. The van der Waals surface area contributed by atoms with Crippen LogP contribution in [0.4, 0.5) is 0 Å². The highest BCUT2D eigenvalue weighted by atomic mass is 32.3. The molecule has 22 heavy (non-hydrogen) atoms. The minimum Gasteiger partial charge on any atom is -0.412 e. The molecule has 128 valence electrons. The fraction of sp³-hybridized carbons (Fsp3) is 0.700. The maximum absolute atomic E-state index is 10.7. The van der Waals surface area contributed by atoms with Gasteiger partial charge in [0.05, 0.1) is 0 Å². The Labute approximate surface area is 128 Å². The summed E-state index contributed by atoms with van der Waals surface area (Å²) in [7, 11) is -4.76. The summed E-state index contributed by atoms with van der Waals surface area (Å²) in [6, 6.07) is 0. The first-order chi connectivity index (χ1) is 9.87. The molecule has 2 heterocycles. The van der Waals surface area contributed by atoms with Crippen molar-refractivity contribution in [3.8, 4) is 0 Å². The molecule has 0 atom stereocenters. The van der Waals surface area contributed by atoms with Crippen molar-refractivity contribution < 1.29 is 22.7 Å². The van der Waals surface area contributed by atoms with Gasteiger partial charge in [-0.15, -0.1) is 9.46 Å². The van der Waals surface area contributed by atoms with Gasteiger partial charge in [0, 0.05) is 19.2 Å². The van der Waals surface area contributed by atoms with Crippen molar-refractivity contribution >= 4 is 16.2 Å². The summed E-state index contributed by atoms with van der Waals surface area (Å²) < 4.78 is 34.3. The van der Waals surface area contributed by atoms with Gasteiger partial charge in [0.25, 0.3) is 0 Å². The van der Waals surface area contributed by atoms with Gasteiger partial charge in [-0.2, -0.15) is 8.42 Å². The van der Waals surface area contributed by atoms with Gasteiger partial charge in [-0.3, -0.25) is 15.4 Å². The molecular weight excluding hydrogens is 316 g/mol. The van der Waals surface area contributed by atoms with Gasteiger partial charge >= 0.3 is 10.4 Å². The summed E-state index contributed by atoms with van der Waals surface area (Å²) in [5, 5.41) is 8.90. The van der Waals surface area contributed by atoms with E-state index in [-0.39, 0.29) is 11.3 Å². The van der Waals surface area contributed by atoms with Gasteiger partial charge in [-0.25, -0.2) is 5.84 Å². The van der Waals surface area contributed by atoms with Crippen molar-refractivity contribution in [2.75, 3.05) is 13.1 Å². The lowest BCUT2D eigenvalue weighted by Gasteiger charge is -2.38. The summed E-state index contributed by atoms with van der Waals surface area (Å²) in [5.41, 5.74) is 2.72. The molecule has 12 heteroatoms. The van der Waals surface area contributed by atoms with Crippen molar-refractivity contribution in [2.45, 2.75) is 32.1 Å². The van der Waals surface area contributed by atoms with E-state index in [4.69, 9.17) is 15.8 Å². The van der Waals surface area contributed by atoms with E-state index < -0.39 is 10.4 Å². The molecule has 1 saturated heterocycles. The third kappa shape index (κ3) is 5.08. The molecule has 0 amide bonds. The van der Waals surface area contributed by atoms with E-state index in [1.54, 1.807) is 0 Å². The predicted octanol–water partition coefficient (Wildman–Crippen LogP) is -1.11. The van der Waals surface area contributed by atoms with Crippen molar-refractivity contribution in [1.29, 1.82) is 5.41 Å². The lowest BCUT2D eigenvalue weighted by atomic mass is 10.1. The second-order valence-electron chi connectivity index (χ2n) is 4.90. The van der Waals surface area contributed by atoms with Crippen LogP contribution in [0.25, 0.3) is 0 Å². The molecule has 0 aromatic heterocycles. The van der Waals surface area contributed by atoms with Crippen molar-refractivity contribution in [1.82, 2.24) is 20.7 Å². The van der Waals surface area contributed by atoms with Gasteiger partial charge in [0.15, 0.2) is 5.84 Å². The molecule has 0 aromatic rings. The highest BCUT2D eigenvalue weighted by Crippen LogP contribution is 2.16. The van der Waals surface area contributed by atoms with Gasteiger partial charge in [-0.1, -0.05) is 19.3 Å². The molecule has 0 saturated carbocycles. The predicted molar refractivity (Wildman–Crippen MR) is 77.7 cm³/mol. The monoisotopic (exact) mass is 338 g/mol. The maximum Gasteiger partial charge on any atom is 0.419 e. The zero-order valence-electron chi connectivity index (χ0n) is 12.0. The number of hydrogen-bond acceptors (Lipinski definition) is 8. The first kappa shape index (κ1) is 18.6. The van der Waals surface area contributed by atoms with E-state index in [0.717, 1.165) is 38.8 Å². The normalized spacial score (nSPS) is 21.4. The molecule has 0 aliphatic carbocycles. The average molecular weight is 338 g/mol. The Morgan fingerprint density at radius 2 is 1.77 bits per heavy atom. The lowest BCUT2D eigenvalue weighted by Crippen LogP contribution is -2.61. The number of likely N-dealkylation sites (tertiary alicyclic amines) is 1. The van der Waals surface area contributed by atoms with Gasteiger partial charge in [-0.05, 0) is 18.1 Å². The first-order valence-electron chi connectivity index (χ1n) is 6.70. The summed E-state index contributed by atoms with van der Waals surface area (Å²) in [4.78, 5) is 2.05. The molecule has 2 aliphatic rings. The number of hydrogen-bond donors (Lipinski definition) is 4. The summed E-state index contributed by atoms with van der Waals surface area (Å²) in [6.07, 6.45) is 7.03. The highest BCUT2D eigenvalue weighted by molar-refractivity contribution is 7.80. The molecule has 11 nitrogen and oxygen atoms in total. The van der Waals surface area contributed by atoms with E-state index in [1.807, 2.05) is 0 Å². The Kier molecular flexibility index (Phi) is 6.52. The number of hydrazine groups is 3. The minimum absolute atomic E-state index is 0. The van der Waals surface area contributed by atoms with E-state index in [0.29, 0.717) is 16.2 Å². The Hall–Kier alpha value is -1.44. The second kappa shape index (κ2) is 7.71. The fourth-order valence-electron chi connectivity index (χ4n) is 2.31. The third-order valence-corrected chi connectivity index (χ3v) is 3.60. The van der Waals surface area contributed by atoms with Crippen LogP contribution in [0.3, 0.4) is 0 Å². The second-order valence-corrected chi connectivity index (χ2v) is 5.91. The molecule has 0 bridgehead atoms. The first-order valence-corrected chi connectivity index (χ1v) is 8.07. The molecule has 0 spiro atoms. The number of rotatable bonds is 3. The van der Waals surface area contributed by atoms with E-state index in [2.05, 4.69) is 14.6 Å². The van der Waals surface area contributed by atoms with Gasteiger partial charge in [0.2, 0.25) is 0 Å². The lowest BCUT2D eigenvalue weighted by molar-refractivity contribution is -0.191. The number of amidine groups is 1. The minimum atomic E-state index is -4.76. The highest BCUT2D eigenvalue weighted by Gasteiger charge is 2.29. The summed E-state index contributed by atoms with van der Waals surface area (Å²) in [6.45, 7) is 1.66. The van der Waals surface area contributed by atoms with Crippen LogP contribution in [-0.4, -0.2) is 52.7 Å². The Bertz CT molecular complexity index is 516. The van der Waals surface area contributed by atoms with Crippen LogP contribution in [-0.2, 0) is 14.7 Å². The van der Waals surface area contributed by atoms with E-state index >= 15 is 0 Å². The largest absolute Gasteiger partial charge is 0.419 e. The molecule has 0 radical (unpaired) electrons. The van der Waals surface area contributed by atoms with E-state index in [1.165, 1.54) is 12.5 Å². The quantitative estimate of drug-likeness (QED) is 0.368. The summed E-state index contributed by atoms with van der Waals surface area (Å²) >= 11 is 0. The van der Waals surface area contributed by atoms with Crippen LogP contribution in [0, 0.1) is 5.41 Å². The number of nitrogens with one attached hydrogen (secondary N) is 2. The number of nitrogens with two attached hydrogens (primary N) is 1. The topological polar surface area (TPSA) is 167 Å². The summed E-state index contributed by atoms with van der Waals surface area (Å²) in [5.74, 6) is 5.87. The smallest absolute Gasteiger partial charge is 0.412 e. The van der Waals surface area contributed by atoms with Crippen LogP contribution >= 0.6 is 0 Å². The molecule has 0 aromatic carbocycles. The molecule has 1 fully saturated rings. The van der Waals surface area contributed by atoms with Crippen LogP contribution in [0.15, 0.2) is 11.9 Å². The number of nitrogens with zero attached hydrogens (tertiary/aromatic N) is 3. The van der Waals surface area contributed by atoms with E-state index in [9.17, 15) is 8.42 Å². The Morgan fingerprint density at radius 1 is 1.23 bits per heavy atom. The van der Waals surface area contributed by atoms with Crippen molar-refractivity contribution in [3.05, 3.63) is 11.9 Å². The molecule has 2 rings (SSSR count). The maximum atomic E-state index is 10.7. The fourth-order valence-corrected chi connectivity index (χ4v) is 2.64. The molecule has 2 aliphatic heterocycles. The Balaban J connectivity index is 0.00000242. The van der Waals surface area contributed by atoms with Crippen LogP contribution in [0.5, 0.6) is 0 Å². The zero-order chi connectivity index (χ0) is 15.5. The van der Waals surface area contributed by atoms with Crippen LogP contribution in [0.2, 0.25) is 0 Å². The van der Waals surface area contributed by atoms with Crippen molar-refractivity contribution in [3.63, 3.8) is 0 Å². The van der Waals surface area contributed by atoms with Gasteiger partial charge < -0.3 is 10.4 Å². The van der Waals surface area contributed by atoms with Crippen molar-refractivity contribution in [2.24, 2.45) is 5.84 Å². The Morgan fingerprint density at radius 3 is 2.27 bits per heavy atom. The third-order valence-electron chi connectivity index (χ3n) is 3.27. The zero-order valence-corrected chi connectivity index (χ0v) is 12.8. The molecular formula is C10H22N6O5S. The number of hydroxylamine groups is 1. The van der Waals surface area contributed by atoms with Gasteiger partial charge in [0.1, 0.15) is 5.82 Å². The van der Waals surface area contributed by atoms with Crippen LogP contribution in [0.1, 0.15) is 32.1 Å². The molecule has 0 unspecified atom stereocenters. The molecule has 7 N–H and O–H groups in total. The SMILES string of the molecule is N=C1C=C(N2CCCCCCC2)NN(N)N1OS(=O)(=O)O.O. The van der Waals surface area contributed by atoms with Crippen LogP contribution < -0.4 is 11.3 Å². The standard InChI is InChI=1S/C10H20N6O4S.H2O/c11-9-8-10(14-6-4-2-1-3-5-7-14)13-16(12)15(9)20-21(17,18)19;/h8,11,13H,1-7,12H2,(H,17,18,19);1H2.